The molecule has 1 aliphatic heterocycles. The molecular formula is C14H19NO2. The molecule has 1 heterocycles. The second-order valence-electron chi connectivity index (χ2n) is 5.16. The molecule has 0 saturated heterocycles. The molecule has 2 aliphatic rings. The van der Waals surface area contributed by atoms with Gasteiger partial charge < -0.3 is 15.2 Å². The van der Waals surface area contributed by atoms with Gasteiger partial charge in [0.15, 0.2) is 0 Å². The first kappa shape index (κ1) is 11.1. The van der Waals surface area contributed by atoms with E-state index in [-0.39, 0.29) is 6.10 Å². The van der Waals surface area contributed by atoms with Crippen molar-refractivity contribution in [2.24, 2.45) is 5.92 Å². The highest BCUT2D eigenvalue weighted by atomic mass is 16.5. The molecule has 0 unspecified atom stereocenters. The maximum absolute atomic E-state index is 9.20. The summed E-state index contributed by atoms with van der Waals surface area (Å²) in [6.07, 6.45) is 2.92. The normalized spacial score (nSPS) is 26.2. The van der Waals surface area contributed by atoms with E-state index >= 15 is 0 Å². The quantitative estimate of drug-likeness (QED) is 0.827. The lowest BCUT2D eigenvalue weighted by molar-refractivity contribution is 0.0430. The van der Waals surface area contributed by atoms with E-state index in [0.29, 0.717) is 5.92 Å². The van der Waals surface area contributed by atoms with Crippen LogP contribution in [0.3, 0.4) is 0 Å². The van der Waals surface area contributed by atoms with Crippen molar-refractivity contribution >= 4 is 0 Å². The van der Waals surface area contributed by atoms with E-state index in [0.717, 1.165) is 44.7 Å². The predicted octanol–water partition coefficient (Wildman–Crippen LogP) is 1.48. The third kappa shape index (κ3) is 2.45. The topological polar surface area (TPSA) is 41.5 Å². The number of nitrogens with one attached hydrogen (secondary N) is 1. The number of hydrogen-bond donors (Lipinski definition) is 2. The van der Waals surface area contributed by atoms with Crippen molar-refractivity contribution in [3.8, 4) is 5.75 Å². The van der Waals surface area contributed by atoms with Crippen molar-refractivity contribution < 1.29 is 9.84 Å². The predicted molar refractivity (Wildman–Crippen MR) is 66.1 cm³/mol. The fourth-order valence-electron chi connectivity index (χ4n) is 2.64. The van der Waals surface area contributed by atoms with Gasteiger partial charge in [0.1, 0.15) is 5.75 Å². The van der Waals surface area contributed by atoms with Crippen molar-refractivity contribution in [3.05, 3.63) is 29.3 Å². The fourth-order valence-corrected chi connectivity index (χ4v) is 2.64. The second-order valence-corrected chi connectivity index (χ2v) is 5.16. The monoisotopic (exact) mass is 233 g/mol. The van der Waals surface area contributed by atoms with Gasteiger partial charge in [-0.1, -0.05) is 12.1 Å². The van der Waals surface area contributed by atoms with E-state index in [1.54, 1.807) is 0 Å². The Morgan fingerprint density at radius 3 is 3.06 bits per heavy atom. The molecule has 1 aromatic rings. The van der Waals surface area contributed by atoms with E-state index in [1.807, 2.05) is 0 Å². The number of benzene rings is 1. The highest BCUT2D eigenvalue weighted by Gasteiger charge is 2.26. The first-order valence-corrected chi connectivity index (χ1v) is 6.44. The lowest BCUT2D eigenvalue weighted by Crippen LogP contribution is -2.35. The van der Waals surface area contributed by atoms with E-state index < -0.39 is 0 Å². The Labute approximate surface area is 102 Å². The van der Waals surface area contributed by atoms with Crippen LogP contribution in [0, 0.1) is 5.92 Å². The Morgan fingerprint density at radius 1 is 1.35 bits per heavy atom. The van der Waals surface area contributed by atoms with Crippen molar-refractivity contribution in [2.45, 2.75) is 31.9 Å². The SMILES string of the molecule is OC1CC(CNCc2ccc3c(c2)CCO3)C1. The number of hydrogen-bond acceptors (Lipinski definition) is 3. The summed E-state index contributed by atoms with van der Waals surface area (Å²) in [5, 5.41) is 12.7. The van der Waals surface area contributed by atoms with Gasteiger partial charge in [-0.3, -0.25) is 0 Å². The summed E-state index contributed by atoms with van der Waals surface area (Å²) in [6.45, 7) is 2.76. The zero-order chi connectivity index (χ0) is 11.7. The lowest BCUT2D eigenvalue weighted by atomic mass is 9.82. The molecule has 17 heavy (non-hydrogen) atoms. The molecule has 1 saturated carbocycles. The number of aliphatic hydroxyl groups excluding tert-OH is 1. The van der Waals surface area contributed by atoms with Crippen LogP contribution in [0.5, 0.6) is 5.75 Å². The summed E-state index contributed by atoms with van der Waals surface area (Å²) in [5.74, 6) is 1.72. The molecule has 0 atom stereocenters. The largest absolute Gasteiger partial charge is 0.493 e. The van der Waals surface area contributed by atoms with Crippen LogP contribution in [-0.2, 0) is 13.0 Å². The summed E-state index contributed by atoms with van der Waals surface area (Å²) in [5.41, 5.74) is 2.66. The number of rotatable bonds is 4. The van der Waals surface area contributed by atoms with Gasteiger partial charge in [-0.15, -0.1) is 0 Å². The molecule has 3 rings (SSSR count). The van der Waals surface area contributed by atoms with E-state index in [2.05, 4.69) is 23.5 Å². The zero-order valence-electron chi connectivity index (χ0n) is 9.98. The Hall–Kier alpha value is -1.06. The van der Waals surface area contributed by atoms with Crippen LogP contribution in [0.1, 0.15) is 24.0 Å². The lowest BCUT2D eigenvalue weighted by Gasteiger charge is -2.31. The van der Waals surface area contributed by atoms with Gasteiger partial charge in [0, 0.05) is 13.0 Å². The molecule has 0 bridgehead atoms. The molecule has 3 nitrogen and oxygen atoms in total. The molecular weight excluding hydrogens is 214 g/mol. The average molecular weight is 233 g/mol. The molecule has 0 amide bonds. The van der Waals surface area contributed by atoms with Gasteiger partial charge in [0.05, 0.1) is 12.7 Å². The first-order valence-electron chi connectivity index (χ1n) is 6.44. The van der Waals surface area contributed by atoms with Crippen LogP contribution < -0.4 is 10.1 Å². The molecule has 92 valence electrons. The standard InChI is InChI=1S/C14H19NO2/c16-13-6-11(7-13)9-15-8-10-1-2-14-12(5-10)3-4-17-14/h1-2,5,11,13,15-16H,3-4,6-9H2. The molecule has 1 aromatic carbocycles. The minimum Gasteiger partial charge on any atom is -0.493 e. The number of fused-ring (bicyclic) bond motifs is 1. The summed E-state index contributed by atoms with van der Waals surface area (Å²) in [7, 11) is 0. The summed E-state index contributed by atoms with van der Waals surface area (Å²) >= 11 is 0. The molecule has 0 spiro atoms. The number of aliphatic hydroxyl groups is 1. The van der Waals surface area contributed by atoms with Crippen LogP contribution >= 0.6 is 0 Å². The molecule has 3 heteroatoms. The van der Waals surface area contributed by atoms with E-state index in [4.69, 9.17) is 4.74 Å². The van der Waals surface area contributed by atoms with E-state index in [1.165, 1.54) is 11.1 Å². The number of ether oxygens (including phenoxy) is 1. The minimum absolute atomic E-state index is 0.0426. The van der Waals surface area contributed by atoms with Crippen LogP contribution in [0.15, 0.2) is 18.2 Å². The van der Waals surface area contributed by atoms with Crippen LogP contribution in [0.2, 0.25) is 0 Å². The Morgan fingerprint density at radius 2 is 2.24 bits per heavy atom. The first-order chi connectivity index (χ1) is 8.31. The maximum Gasteiger partial charge on any atom is 0.122 e. The molecule has 0 radical (unpaired) electrons. The van der Waals surface area contributed by atoms with Crippen LogP contribution in [0.25, 0.3) is 0 Å². The highest BCUT2D eigenvalue weighted by molar-refractivity contribution is 5.39. The van der Waals surface area contributed by atoms with Gasteiger partial charge >= 0.3 is 0 Å². The van der Waals surface area contributed by atoms with Gasteiger partial charge in [-0.05, 0) is 42.5 Å². The third-order valence-electron chi connectivity index (χ3n) is 3.73. The zero-order valence-corrected chi connectivity index (χ0v) is 9.98. The molecule has 1 fully saturated rings. The Kier molecular flexibility index (Phi) is 3.04. The third-order valence-corrected chi connectivity index (χ3v) is 3.73. The van der Waals surface area contributed by atoms with Gasteiger partial charge in [0.2, 0.25) is 0 Å². The van der Waals surface area contributed by atoms with E-state index in [9.17, 15) is 5.11 Å². The van der Waals surface area contributed by atoms with Gasteiger partial charge in [0.25, 0.3) is 0 Å². The second kappa shape index (κ2) is 4.67. The average Bonchev–Trinajstić information content (AvgIpc) is 2.73. The van der Waals surface area contributed by atoms with Gasteiger partial charge in [-0.25, -0.2) is 0 Å². The summed E-state index contributed by atoms with van der Waals surface area (Å²) in [6, 6.07) is 6.45. The molecule has 1 aliphatic carbocycles. The Balaban J connectivity index is 1.48. The summed E-state index contributed by atoms with van der Waals surface area (Å²) < 4.78 is 5.49. The van der Waals surface area contributed by atoms with Gasteiger partial charge in [-0.2, -0.15) is 0 Å². The Bertz CT molecular complexity index is 399. The molecule has 0 aromatic heterocycles. The summed E-state index contributed by atoms with van der Waals surface area (Å²) in [4.78, 5) is 0. The van der Waals surface area contributed by atoms with Crippen molar-refractivity contribution in [1.82, 2.24) is 5.32 Å². The maximum atomic E-state index is 9.20. The van der Waals surface area contributed by atoms with Crippen molar-refractivity contribution in [2.75, 3.05) is 13.2 Å². The highest BCUT2D eigenvalue weighted by Crippen LogP contribution is 2.27. The minimum atomic E-state index is -0.0426. The smallest absolute Gasteiger partial charge is 0.122 e. The molecule has 2 N–H and O–H groups in total. The van der Waals surface area contributed by atoms with Crippen molar-refractivity contribution in [1.29, 1.82) is 0 Å². The fraction of sp³-hybridized carbons (Fsp3) is 0.571. The van der Waals surface area contributed by atoms with Crippen LogP contribution in [-0.4, -0.2) is 24.4 Å². The van der Waals surface area contributed by atoms with Crippen molar-refractivity contribution in [3.63, 3.8) is 0 Å². The van der Waals surface area contributed by atoms with Crippen LogP contribution in [0.4, 0.5) is 0 Å².